The minimum absolute atomic E-state index is 0.283. The molecule has 0 fully saturated rings. The Balaban J connectivity index is 1.30. The molecular formula is C29H24Cl2N2O4. The lowest BCUT2D eigenvalue weighted by atomic mass is 10.2. The molecule has 0 unspecified atom stereocenters. The Kier molecular flexibility index (Phi) is 9.03. The molecule has 0 saturated carbocycles. The van der Waals surface area contributed by atoms with Gasteiger partial charge >= 0.3 is 0 Å². The van der Waals surface area contributed by atoms with E-state index in [1.165, 1.54) is 6.21 Å². The minimum Gasteiger partial charge on any atom is -0.493 e. The van der Waals surface area contributed by atoms with Gasteiger partial charge in [-0.05, 0) is 65.7 Å². The fourth-order valence-corrected chi connectivity index (χ4v) is 3.81. The lowest BCUT2D eigenvalue weighted by molar-refractivity contribution is 0.0955. The molecule has 0 aromatic heterocycles. The molecule has 0 atom stereocenters. The van der Waals surface area contributed by atoms with Crippen LogP contribution in [0.2, 0.25) is 10.0 Å². The third-order valence-corrected chi connectivity index (χ3v) is 5.92. The summed E-state index contributed by atoms with van der Waals surface area (Å²) < 4.78 is 17.1. The second-order valence-corrected chi connectivity index (χ2v) is 8.78. The fraction of sp³-hybridized carbons (Fsp3) is 0.103. The van der Waals surface area contributed by atoms with Crippen molar-refractivity contribution < 1.29 is 19.0 Å². The van der Waals surface area contributed by atoms with Gasteiger partial charge in [-0.2, -0.15) is 5.10 Å². The molecule has 0 aliphatic carbocycles. The molecule has 0 heterocycles. The van der Waals surface area contributed by atoms with Gasteiger partial charge < -0.3 is 14.2 Å². The number of hydrazone groups is 1. The molecule has 1 amide bonds. The number of hydrogen-bond donors (Lipinski definition) is 1. The predicted octanol–water partition coefficient (Wildman–Crippen LogP) is 6.92. The number of hydrogen-bond acceptors (Lipinski definition) is 5. The molecule has 0 bridgehead atoms. The third kappa shape index (κ3) is 7.49. The summed E-state index contributed by atoms with van der Waals surface area (Å²) in [4.78, 5) is 12.5. The molecule has 0 aliphatic rings. The van der Waals surface area contributed by atoms with Crippen LogP contribution in [-0.2, 0) is 13.2 Å². The van der Waals surface area contributed by atoms with E-state index in [9.17, 15) is 4.79 Å². The van der Waals surface area contributed by atoms with E-state index in [1.54, 1.807) is 55.6 Å². The van der Waals surface area contributed by atoms with Gasteiger partial charge in [-0.25, -0.2) is 5.43 Å². The van der Waals surface area contributed by atoms with E-state index >= 15 is 0 Å². The van der Waals surface area contributed by atoms with E-state index in [-0.39, 0.29) is 12.5 Å². The van der Waals surface area contributed by atoms with Crippen molar-refractivity contribution in [1.29, 1.82) is 0 Å². The quantitative estimate of drug-likeness (QED) is 0.177. The highest BCUT2D eigenvalue weighted by Gasteiger charge is 2.08. The van der Waals surface area contributed by atoms with Crippen LogP contribution in [0.3, 0.4) is 0 Å². The van der Waals surface area contributed by atoms with Crippen LogP contribution in [0.25, 0.3) is 0 Å². The molecule has 6 nitrogen and oxygen atoms in total. The maximum absolute atomic E-state index is 12.5. The Bertz CT molecular complexity index is 1380. The molecule has 37 heavy (non-hydrogen) atoms. The molecular weight excluding hydrogens is 511 g/mol. The van der Waals surface area contributed by atoms with Crippen LogP contribution in [0.5, 0.6) is 17.2 Å². The fourth-order valence-electron chi connectivity index (χ4n) is 3.35. The van der Waals surface area contributed by atoms with Crippen molar-refractivity contribution in [3.63, 3.8) is 0 Å². The summed E-state index contributed by atoms with van der Waals surface area (Å²) in [6, 6.07) is 27.3. The summed E-state index contributed by atoms with van der Waals surface area (Å²) >= 11 is 12.1. The van der Waals surface area contributed by atoms with Gasteiger partial charge in [-0.15, -0.1) is 0 Å². The molecule has 4 aromatic carbocycles. The largest absolute Gasteiger partial charge is 0.493 e. The van der Waals surface area contributed by atoms with E-state index in [0.29, 0.717) is 39.5 Å². The number of benzene rings is 4. The average Bonchev–Trinajstić information content (AvgIpc) is 2.92. The van der Waals surface area contributed by atoms with Gasteiger partial charge in [0.05, 0.1) is 13.3 Å². The SMILES string of the molecule is COc1cc(/C=N/NC(=O)c2ccc(OCc3ccc(Cl)cc3Cl)cc2)ccc1OCc1ccccc1. The van der Waals surface area contributed by atoms with Crippen LogP contribution < -0.4 is 19.6 Å². The first-order valence-electron chi connectivity index (χ1n) is 11.4. The van der Waals surface area contributed by atoms with Gasteiger partial charge in [-0.3, -0.25) is 4.79 Å². The van der Waals surface area contributed by atoms with Crippen molar-refractivity contribution in [2.75, 3.05) is 7.11 Å². The highest BCUT2D eigenvalue weighted by Crippen LogP contribution is 2.28. The van der Waals surface area contributed by atoms with E-state index in [0.717, 1.165) is 16.7 Å². The second kappa shape index (κ2) is 12.8. The number of methoxy groups -OCH3 is 1. The van der Waals surface area contributed by atoms with Crippen molar-refractivity contribution in [3.8, 4) is 17.2 Å². The summed E-state index contributed by atoms with van der Waals surface area (Å²) in [5.74, 6) is 1.45. The number of amides is 1. The van der Waals surface area contributed by atoms with Crippen molar-refractivity contribution in [2.24, 2.45) is 5.10 Å². The number of carbonyl (C=O) groups is 1. The first-order chi connectivity index (χ1) is 18.0. The smallest absolute Gasteiger partial charge is 0.271 e. The highest BCUT2D eigenvalue weighted by atomic mass is 35.5. The number of halogens is 2. The van der Waals surface area contributed by atoms with Crippen LogP contribution in [0.1, 0.15) is 27.0 Å². The average molecular weight is 535 g/mol. The van der Waals surface area contributed by atoms with Gasteiger partial charge in [0.2, 0.25) is 0 Å². The maximum atomic E-state index is 12.5. The number of nitrogens with one attached hydrogen (secondary N) is 1. The van der Waals surface area contributed by atoms with Gasteiger partial charge in [0.1, 0.15) is 19.0 Å². The second-order valence-electron chi connectivity index (χ2n) is 7.93. The van der Waals surface area contributed by atoms with Gasteiger partial charge in [0.15, 0.2) is 11.5 Å². The Morgan fingerprint density at radius 3 is 2.38 bits per heavy atom. The summed E-state index contributed by atoms with van der Waals surface area (Å²) in [6.07, 6.45) is 1.54. The lowest BCUT2D eigenvalue weighted by Crippen LogP contribution is -2.17. The van der Waals surface area contributed by atoms with Crippen LogP contribution >= 0.6 is 23.2 Å². The zero-order valence-corrected chi connectivity index (χ0v) is 21.5. The van der Waals surface area contributed by atoms with Crippen molar-refractivity contribution in [1.82, 2.24) is 5.43 Å². The summed E-state index contributed by atoms with van der Waals surface area (Å²) in [6.45, 7) is 0.713. The van der Waals surface area contributed by atoms with Gasteiger partial charge in [-0.1, -0.05) is 59.6 Å². The number of rotatable bonds is 10. The lowest BCUT2D eigenvalue weighted by Gasteiger charge is -2.11. The standard InChI is InChI=1S/C29H24Cl2N2O4/c1-35-28-15-21(7-14-27(28)37-18-20-5-3-2-4-6-20)17-32-33-29(34)22-9-12-25(13-10-22)36-19-23-8-11-24(30)16-26(23)31/h2-17H,18-19H2,1H3,(H,33,34)/b32-17+. The Labute approximate surface area is 225 Å². The predicted molar refractivity (Wildman–Crippen MR) is 146 cm³/mol. The maximum Gasteiger partial charge on any atom is 0.271 e. The highest BCUT2D eigenvalue weighted by molar-refractivity contribution is 6.35. The first-order valence-corrected chi connectivity index (χ1v) is 12.1. The summed E-state index contributed by atoms with van der Waals surface area (Å²) in [5, 5.41) is 5.16. The zero-order chi connectivity index (χ0) is 26.0. The van der Waals surface area contributed by atoms with Gasteiger partial charge in [0, 0.05) is 21.2 Å². The van der Waals surface area contributed by atoms with Crippen molar-refractivity contribution in [3.05, 3.63) is 123 Å². The Morgan fingerprint density at radius 1 is 0.865 bits per heavy atom. The monoisotopic (exact) mass is 534 g/mol. The third-order valence-electron chi connectivity index (χ3n) is 5.33. The van der Waals surface area contributed by atoms with Crippen LogP contribution in [0, 0.1) is 0 Å². The number of carbonyl (C=O) groups excluding carboxylic acids is 1. The van der Waals surface area contributed by atoms with E-state index in [4.69, 9.17) is 37.4 Å². The number of nitrogens with zero attached hydrogens (tertiary/aromatic N) is 1. The van der Waals surface area contributed by atoms with Crippen molar-refractivity contribution >= 4 is 35.3 Å². The molecule has 8 heteroatoms. The first kappa shape index (κ1) is 26.1. The summed E-state index contributed by atoms with van der Waals surface area (Å²) in [7, 11) is 1.57. The molecule has 0 spiro atoms. The molecule has 1 N–H and O–H groups in total. The molecule has 188 valence electrons. The minimum atomic E-state index is -0.349. The Morgan fingerprint density at radius 2 is 1.65 bits per heavy atom. The zero-order valence-electron chi connectivity index (χ0n) is 20.0. The molecule has 0 aliphatic heterocycles. The topological polar surface area (TPSA) is 69.2 Å². The number of ether oxygens (including phenoxy) is 3. The molecule has 0 radical (unpaired) electrons. The molecule has 0 saturated heterocycles. The van der Waals surface area contributed by atoms with E-state index in [1.807, 2.05) is 42.5 Å². The van der Waals surface area contributed by atoms with Crippen LogP contribution in [-0.4, -0.2) is 19.2 Å². The van der Waals surface area contributed by atoms with E-state index < -0.39 is 0 Å². The van der Waals surface area contributed by atoms with Gasteiger partial charge in [0.25, 0.3) is 5.91 Å². The normalized spacial score (nSPS) is 10.8. The summed E-state index contributed by atoms with van der Waals surface area (Å²) in [5.41, 5.74) is 5.58. The Hall–Kier alpha value is -4.00. The molecule has 4 aromatic rings. The molecule has 4 rings (SSSR count). The van der Waals surface area contributed by atoms with Crippen LogP contribution in [0.15, 0.2) is 96.1 Å². The van der Waals surface area contributed by atoms with E-state index in [2.05, 4.69) is 10.5 Å². The van der Waals surface area contributed by atoms with Crippen LogP contribution in [0.4, 0.5) is 0 Å². The van der Waals surface area contributed by atoms with Crippen molar-refractivity contribution in [2.45, 2.75) is 13.2 Å².